The van der Waals surface area contributed by atoms with Crippen molar-refractivity contribution in [3.8, 4) is 11.5 Å². The zero-order chi connectivity index (χ0) is 28.9. The van der Waals surface area contributed by atoms with Crippen molar-refractivity contribution in [1.29, 1.82) is 0 Å². The number of rotatable bonds is 9. The van der Waals surface area contributed by atoms with Gasteiger partial charge in [0.1, 0.15) is 17.4 Å². The van der Waals surface area contributed by atoms with Gasteiger partial charge in [0, 0.05) is 17.9 Å². The largest absolute Gasteiger partial charge is 0.497 e. The number of Topliss-reactive ketones (excluding diaryl/α,β-unsaturated/α-hetero) is 1. The van der Waals surface area contributed by atoms with Crippen LogP contribution < -0.4 is 19.3 Å². The second kappa shape index (κ2) is 12.1. The fourth-order valence-electron chi connectivity index (χ4n) is 5.02. The van der Waals surface area contributed by atoms with Gasteiger partial charge in [0.25, 0.3) is 0 Å². The number of hydrogen-bond donors (Lipinski definition) is 0. The lowest BCUT2D eigenvalue weighted by atomic mass is 9.79. The molecule has 41 heavy (non-hydrogen) atoms. The molecule has 1 saturated heterocycles. The molecule has 1 fully saturated rings. The molecule has 0 bridgehead atoms. The lowest BCUT2D eigenvalue weighted by Crippen LogP contribution is -2.61. The maximum atomic E-state index is 14.3. The fourth-order valence-corrected chi connectivity index (χ4v) is 5.42. The predicted octanol–water partition coefficient (Wildman–Crippen LogP) is 6.04. The predicted molar refractivity (Wildman–Crippen MR) is 162 cm³/mol. The maximum absolute atomic E-state index is 14.3. The van der Waals surface area contributed by atoms with E-state index in [0.717, 1.165) is 0 Å². The first-order chi connectivity index (χ1) is 19.9. The van der Waals surface area contributed by atoms with Crippen molar-refractivity contribution in [1.82, 2.24) is 0 Å². The van der Waals surface area contributed by atoms with Crippen LogP contribution in [-0.2, 0) is 9.59 Å². The first kappa shape index (κ1) is 27.7. The number of amides is 2. The topological polar surface area (TPSA) is 76.2 Å². The van der Waals surface area contributed by atoms with Gasteiger partial charge in [0.2, 0.25) is 11.8 Å². The van der Waals surface area contributed by atoms with Crippen molar-refractivity contribution in [2.24, 2.45) is 5.92 Å². The van der Waals surface area contributed by atoms with Crippen LogP contribution in [0.25, 0.3) is 0 Å². The quantitative estimate of drug-likeness (QED) is 0.140. The summed E-state index contributed by atoms with van der Waals surface area (Å²) in [5.74, 6) is -1.90. The number of thiocarbonyl (C=S) groups is 1. The normalized spacial score (nSPS) is 14.6. The van der Waals surface area contributed by atoms with Crippen molar-refractivity contribution in [2.75, 3.05) is 24.0 Å². The van der Waals surface area contributed by atoms with Crippen molar-refractivity contribution < 1.29 is 23.9 Å². The Labute approximate surface area is 243 Å². The van der Waals surface area contributed by atoms with E-state index in [9.17, 15) is 14.4 Å². The summed E-state index contributed by atoms with van der Waals surface area (Å²) >= 11 is 5.79. The first-order valence-electron chi connectivity index (χ1n) is 13.1. The molecule has 1 aliphatic heterocycles. The van der Waals surface area contributed by atoms with Crippen LogP contribution in [0, 0.1) is 5.92 Å². The van der Waals surface area contributed by atoms with E-state index in [-0.39, 0.29) is 17.3 Å². The molecule has 0 saturated carbocycles. The fraction of sp³-hybridized carbons (Fsp3) is 0.152. The zero-order valence-electron chi connectivity index (χ0n) is 22.6. The Morgan fingerprint density at radius 1 is 0.707 bits per heavy atom. The third-order valence-corrected chi connectivity index (χ3v) is 7.51. The van der Waals surface area contributed by atoms with Gasteiger partial charge in [-0.05, 0) is 66.3 Å². The van der Waals surface area contributed by atoms with Gasteiger partial charge in [-0.15, -0.1) is 0 Å². The number of methoxy groups -OCH3 is 2. The molecule has 0 aromatic heterocycles. The first-order valence-corrected chi connectivity index (χ1v) is 13.5. The van der Waals surface area contributed by atoms with Crippen LogP contribution in [0.1, 0.15) is 28.3 Å². The Hall–Kier alpha value is -4.82. The van der Waals surface area contributed by atoms with E-state index in [2.05, 4.69) is 0 Å². The van der Waals surface area contributed by atoms with E-state index in [4.69, 9.17) is 21.7 Å². The molecular weight excluding hydrogens is 536 g/mol. The summed E-state index contributed by atoms with van der Waals surface area (Å²) in [5.41, 5.74) is 2.19. The monoisotopic (exact) mass is 564 g/mol. The smallest absolute Gasteiger partial charge is 0.246 e. The Balaban J connectivity index is 1.63. The molecule has 0 spiro atoms. The van der Waals surface area contributed by atoms with E-state index in [1.165, 1.54) is 9.80 Å². The summed E-state index contributed by atoms with van der Waals surface area (Å²) in [7, 11) is 3.11. The minimum Gasteiger partial charge on any atom is -0.497 e. The summed E-state index contributed by atoms with van der Waals surface area (Å²) < 4.78 is 10.6. The number of nitrogens with zero attached hydrogens (tertiary/aromatic N) is 2. The number of hydrogen-bond acceptors (Lipinski definition) is 6. The molecule has 0 aliphatic carbocycles. The lowest BCUT2D eigenvalue weighted by molar-refractivity contribution is -0.133. The minimum absolute atomic E-state index is 0.0211. The molecular formula is C33H28N2O5S. The van der Waals surface area contributed by atoms with Gasteiger partial charge in [-0.1, -0.05) is 60.7 Å². The lowest BCUT2D eigenvalue weighted by Gasteiger charge is -2.41. The van der Waals surface area contributed by atoms with Gasteiger partial charge < -0.3 is 9.47 Å². The average molecular weight is 565 g/mol. The average Bonchev–Trinajstić information content (AvgIpc) is 3.02. The number of anilines is 2. The third-order valence-electron chi connectivity index (χ3n) is 7.15. The third kappa shape index (κ3) is 5.60. The van der Waals surface area contributed by atoms with Crippen molar-refractivity contribution in [3.63, 3.8) is 0 Å². The maximum Gasteiger partial charge on any atom is 0.246 e. The van der Waals surface area contributed by atoms with Gasteiger partial charge in [-0.25, -0.2) is 0 Å². The van der Waals surface area contributed by atoms with Crippen LogP contribution in [0.15, 0.2) is 109 Å². The summed E-state index contributed by atoms with van der Waals surface area (Å²) in [5, 5.41) is 0.0211. The second-order valence-electron chi connectivity index (χ2n) is 9.51. The van der Waals surface area contributed by atoms with E-state index < -0.39 is 23.7 Å². The number of ketones is 1. The van der Waals surface area contributed by atoms with E-state index >= 15 is 0 Å². The summed E-state index contributed by atoms with van der Waals surface area (Å²) in [6.45, 7) is 0. The summed E-state index contributed by atoms with van der Waals surface area (Å²) in [6.07, 6.45) is -0.0458. The number of carbonyl (C=O) groups excluding carboxylic acids is 3. The molecule has 7 nitrogen and oxygen atoms in total. The van der Waals surface area contributed by atoms with E-state index in [1.807, 2.05) is 36.4 Å². The van der Waals surface area contributed by atoms with Crippen molar-refractivity contribution in [3.05, 3.63) is 120 Å². The summed E-state index contributed by atoms with van der Waals surface area (Å²) in [4.78, 5) is 44.9. The molecule has 4 aromatic rings. The Morgan fingerprint density at radius 3 is 1.59 bits per heavy atom. The molecule has 8 heteroatoms. The Bertz CT molecular complexity index is 1490. The SMILES string of the molecule is COc1ccc(N2C(=O)C(C(CC(=O)c3ccccc3)c3ccccc3)C(=O)N(c3ccc(OC)cc3)C2=S)cc1. The molecule has 1 heterocycles. The minimum atomic E-state index is -1.22. The van der Waals surface area contributed by atoms with Crippen LogP contribution in [0.4, 0.5) is 11.4 Å². The molecule has 1 aliphatic rings. The molecule has 5 rings (SSSR count). The van der Waals surface area contributed by atoms with Gasteiger partial charge in [-0.2, -0.15) is 0 Å². The highest BCUT2D eigenvalue weighted by Crippen LogP contribution is 2.39. The Morgan fingerprint density at radius 2 is 1.15 bits per heavy atom. The van der Waals surface area contributed by atoms with Gasteiger partial charge in [-0.3, -0.25) is 24.2 Å². The number of benzene rings is 4. The molecule has 206 valence electrons. The number of carbonyl (C=O) groups is 3. The van der Waals surface area contributed by atoms with Crippen LogP contribution in [-0.4, -0.2) is 36.9 Å². The highest BCUT2D eigenvalue weighted by molar-refractivity contribution is 7.81. The van der Waals surface area contributed by atoms with E-state index in [1.54, 1.807) is 87.0 Å². The molecule has 0 radical (unpaired) electrons. The highest BCUT2D eigenvalue weighted by atomic mass is 32.1. The standard InChI is InChI=1S/C33H28N2O5S/c1-39-26-17-13-24(14-18-26)34-31(37)30(32(38)35(33(34)41)25-15-19-27(40-2)20-16-25)28(22-9-5-3-6-10-22)21-29(36)23-11-7-4-8-12-23/h3-20,28,30H,21H2,1-2H3. The van der Waals surface area contributed by atoms with Gasteiger partial charge >= 0.3 is 0 Å². The van der Waals surface area contributed by atoms with Crippen LogP contribution in [0.2, 0.25) is 0 Å². The van der Waals surface area contributed by atoms with Gasteiger partial charge in [0.05, 0.1) is 25.6 Å². The van der Waals surface area contributed by atoms with Crippen LogP contribution in [0.5, 0.6) is 11.5 Å². The molecule has 1 atom stereocenters. The van der Waals surface area contributed by atoms with Gasteiger partial charge in [0.15, 0.2) is 10.9 Å². The number of ether oxygens (including phenoxy) is 2. The van der Waals surface area contributed by atoms with E-state index in [0.29, 0.717) is 34.0 Å². The van der Waals surface area contributed by atoms with Crippen molar-refractivity contribution >= 4 is 46.3 Å². The van der Waals surface area contributed by atoms with Crippen LogP contribution >= 0.6 is 12.2 Å². The van der Waals surface area contributed by atoms with Crippen molar-refractivity contribution in [2.45, 2.75) is 12.3 Å². The Kier molecular flexibility index (Phi) is 8.21. The molecule has 0 N–H and O–H groups in total. The highest BCUT2D eigenvalue weighted by Gasteiger charge is 2.49. The summed E-state index contributed by atoms with van der Waals surface area (Å²) in [6, 6.07) is 31.8. The molecule has 1 unspecified atom stereocenters. The molecule has 4 aromatic carbocycles. The van der Waals surface area contributed by atoms with Crippen LogP contribution in [0.3, 0.4) is 0 Å². The zero-order valence-corrected chi connectivity index (χ0v) is 23.4. The second-order valence-corrected chi connectivity index (χ2v) is 9.88. The molecule has 2 amide bonds.